The highest BCUT2D eigenvalue weighted by molar-refractivity contribution is 5.79. The lowest BCUT2D eigenvalue weighted by Gasteiger charge is -2.12. The third-order valence-corrected chi connectivity index (χ3v) is 2.88. The predicted molar refractivity (Wildman–Crippen MR) is 87.0 cm³/mol. The second kappa shape index (κ2) is 11.8. The Kier molecular flexibility index (Phi) is 9.78. The first-order valence-corrected chi connectivity index (χ1v) is 7.67. The van der Waals surface area contributed by atoms with E-state index >= 15 is 0 Å². The molecule has 0 aliphatic carbocycles. The van der Waals surface area contributed by atoms with Gasteiger partial charge in [0, 0.05) is 33.4 Å². The summed E-state index contributed by atoms with van der Waals surface area (Å²) >= 11 is 0. The van der Waals surface area contributed by atoms with E-state index in [9.17, 15) is 4.39 Å². The molecule has 6 heteroatoms. The number of halogens is 1. The van der Waals surface area contributed by atoms with E-state index in [1.54, 1.807) is 19.2 Å². The number of hydrogen-bond donors (Lipinski definition) is 2. The molecule has 0 radical (unpaired) electrons. The number of guanidine groups is 1. The molecule has 0 aliphatic rings. The van der Waals surface area contributed by atoms with Crippen molar-refractivity contribution in [3.8, 4) is 5.75 Å². The molecule has 0 bridgehead atoms. The summed E-state index contributed by atoms with van der Waals surface area (Å²) in [7, 11) is 1.74. The van der Waals surface area contributed by atoms with Crippen molar-refractivity contribution >= 4 is 5.96 Å². The van der Waals surface area contributed by atoms with Crippen LogP contribution in [-0.4, -0.2) is 45.9 Å². The zero-order valence-corrected chi connectivity index (χ0v) is 13.4. The number of nitrogens with one attached hydrogen (secondary N) is 2. The fourth-order valence-corrected chi connectivity index (χ4v) is 1.75. The van der Waals surface area contributed by atoms with Gasteiger partial charge in [0.1, 0.15) is 11.6 Å². The van der Waals surface area contributed by atoms with Crippen LogP contribution in [0.2, 0.25) is 0 Å². The van der Waals surface area contributed by atoms with Crippen LogP contribution in [0.25, 0.3) is 0 Å². The van der Waals surface area contributed by atoms with Crippen LogP contribution in [0.3, 0.4) is 0 Å². The molecule has 0 spiro atoms. The first-order chi connectivity index (χ1) is 10.8. The Morgan fingerprint density at radius 2 is 1.73 bits per heavy atom. The van der Waals surface area contributed by atoms with Gasteiger partial charge in [-0.3, -0.25) is 4.99 Å². The lowest BCUT2D eigenvalue weighted by molar-refractivity contribution is 0.145. The molecule has 124 valence electrons. The number of nitrogens with zero attached hydrogens (tertiary/aromatic N) is 1. The Morgan fingerprint density at radius 1 is 1.09 bits per heavy atom. The number of hydrogen-bond acceptors (Lipinski definition) is 3. The summed E-state index contributed by atoms with van der Waals surface area (Å²) in [5.41, 5.74) is 0. The van der Waals surface area contributed by atoms with Crippen molar-refractivity contribution < 1.29 is 13.9 Å². The monoisotopic (exact) mass is 311 g/mol. The summed E-state index contributed by atoms with van der Waals surface area (Å²) in [5, 5.41) is 6.43. The van der Waals surface area contributed by atoms with Crippen molar-refractivity contribution in [1.29, 1.82) is 0 Å². The normalized spacial score (nSPS) is 11.3. The van der Waals surface area contributed by atoms with Crippen LogP contribution in [0, 0.1) is 5.82 Å². The molecule has 0 aliphatic heterocycles. The number of ether oxygens (including phenoxy) is 2. The quantitative estimate of drug-likeness (QED) is 0.395. The molecule has 2 N–H and O–H groups in total. The van der Waals surface area contributed by atoms with E-state index in [1.807, 2.05) is 6.92 Å². The van der Waals surface area contributed by atoms with Gasteiger partial charge in [0.05, 0.1) is 6.61 Å². The smallest absolute Gasteiger partial charge is 0.190 e. The molecule has 0 amide bonds. The van der Waals surface area contributed by atoms with Gasteiger partial charge in [-0.1, -0.05) is 0 Å². The van der Waals surface area contributed by atoms with Crippen molar-refractivity contribution in [3.05, 3.63) is 30.1 Å². The summed E-state index contributed by atoms with van der Waals surface area (Å²) in [6.45, 7) is 5.65. The van der Waals surface area contributed by atoms with Crippen molar-refractivity contribution in [2.24, 2.45) is 4.99 Å². The molecule has 0 aromatic heterocycles. The van der Waals surface area contributed by atoms with E-state index < -0.39 is 0 Å². The van der Waals surface area contributed by atoms with E-state index in [2.05, 4.69) is 15.6 Å². The minimum Gasteiger partial charge on any atom is -0.494 e. The zero-order chi connectivity index (χ0) is 16.0. The molecule has 0 heterocycles. The summed E-state index contributed by atoms with van der Waals surface area (Å²) in [6.07, 6.45) is 1.78. The standard InChI is InChI=1S/C16H26FN3O2/c1-3-21-12-4-10-19-16(18-2)20-11-5-13-22-15-8-6-14(17)7-9-15/h6-9H,3-5,10-13H2,1-2H3,(H2,18,19,20). The third-order valence-electron chi connectivity index (χ3n) is 2.88. The Bertz CT molecular complexity index is 424. The van der Waals surface area contributed by atoms with Crippen LogP contribution in [0.1, 0.15) is 19.8 Å². The second-order valence-electron chi connectivity index (χ2n) is 4.63. The highest BCUT2D eigenvalue weighted by Crippen LogP contribution is 2.10. The fraction of sp³-hybridized carbons (Fsp3) is 0.562. The van der Waals surface area contributed by atoms with Crippen molar-refractivity contribution in [2.75, 3.05) is 40.0 Å². The van der Waals surface area contributed by atoms with Crippen LogP contribution < -0.4 is 15.4 Å². The molecule has 0 saturated heterocycles. The Balaban J connectivity index is 2.05. The van der Waals surface area contributed by atoms with Crippen molar-refractivity contribution in [1.82, 2.24) is 10.6 Å². The van der Waals surface area contributed by atoms with Crippen LogP contribution >= 0.6 is 0 Å². The van der Waals surface area contributed by atoms with Gasteiger partial charge in [-0.05, 0) is 44.0 Å². The first kappa shape index (κ1) is 18.2. The predicted octanol–water partition coefficient (Wildman–Crippen LogP) is 2.19. The van der Waals surface area contributed by atoms with E-state index in [1.165, 1.54) is 12.1 Å². The summed E-state index contributed by atoms with van der Waals surface area (Å²) in [5.74, 6) is 1.20. The molecule has 22 heavy (non-hydrogen) atoms. The van der Waals surface area contributed by atoms with Gasteiger partial charge in [0.2, 0.25) is 0 Å². The second-order valence-corrected chi connectivity index (χ2v) is 4.63. The molecule has 5 nitrogen and oxygen atoms in total. The average molecular weight is 311 g/mol. The maximum Gasteiger partial charge on any atom is 0.190 e. The molecular formula is C16H26FN3O2. The van der Waals surface area contributed by atoms with Crippen LogP contribution in [0.5, 0.6) is 5.75 Å². The maximum atomic E-state index is 12.7. The topological polar surface area (TPSA) is 54.9 Å². The lowest BCUT2D eigenvalue weighted by Crippen LogP contribution is -2.38. The third kappa shape index (κ3) is 8.46. The van der Waals surface area contributed by atoms with Crippen LogP contribution in [0.15, 0.2) is 29.3 Å². The Hall–Kier alpha value is -1.82. The largest absolute Gasteiger partial charge is 0.494 e. The minimum atomic E-state index is -0.256. The van der Waals surface area contributed by atoms with Crippen LogP contribution in [-0.2, 0) is 4.74 Å². The van der Waals surface area contributed by atoms with Gasteiger partial charge < -0.3 is 20.1 Å². The van der Waals surface area contributed by atoms with Crippen LogP contribution in [0.4, 0.5) is 4.39 Å². The van der Waals surface area contributed by atoms with Gasteiger partial charge in [-0.15, -0.1) is 0 Å². The minimum absolute atomic E-state index is 0.256. The molecule has 1 aromatic rings. The molecule has 0 fully saturated rings. The van der Waals surface area contributed by atoms with E-state index in [0.29, 0.717) is 12.4 Å². The maximum absolute atomic E-state index is 12.7. The summed E-state index contributed by atoms with van der Waals surface area (Å²) < 4.78 is 23.5. The molecule has 0 atom stereocenters. The molecule has 1 aromatic carbocycles. The van der Waals surface area contributed by atoms with Crippen molar-refractivity contribution in [3.63, 3.8) is 0 Å². The number of benzene rings is 1. The summed E-state index contributed by atoms with van der Waals surface area (Å²) in [6, 6.07) is 6.03. The average Bonchev–Trinajstić information content (AvgIpc) is 2.54. The van der Waals surface area contributed by atoms with E-state index in [4.69, 9.17) is 9.47 Å². The van der Waals surface area contributed by atoms with Gasteiger partial charge in [0.25, 0.3) is 0 Å². The molecular weight excluding hydrogens is 285 g/mol. The fourth-order valence-electron chi connectivity index (χ4n) is 1.75. The molecule has 1 rings (SSSR count). The van der Waals surface area contributed by atoms with Crippen molar-refractivity contribution in [2.45, 2.75) is 19.8 Å². The molecule has 0 unspecified atom stereocenters. The highest BCUT2D eigenvalue weighted by atomic mass is 19.1. The summed E-state index contributed by atoms with van der Waals surface area (Å²) in [4.78, 5) is 4.14. The highest BCUT2D eigenvalue weighted by Gasteiger charge is 1.98. The van der Waals surface area contributed by atoms with Gasteiger partial charge in [-0.2, -0.15) is 0 Å². The Labute approximate surface area is 131 Å². The number of aliphatic imine (C=N–C) groups is 1. The molecule has 0 saturated carbocycles. The van der Waals surface area contributed by atoms with E-state index in [-0.39, 0.29) is 5.82 Å². The van der Waals surface area contributed by atoms with Gasteiger partial charge >= 0.3 is 0 Å². The van der Waals surface area contributed by atoms with Gasteiger partial charge in [0.15, 0.2) is 5.96 Å². The van der Waals surface area contributed by atoms with Gasteiger partial charge in [-0.25, -0.2) is 4.39 Å². The SMILES string of the molecule is CCOCCCNC(=NC)NCCCOc1ccc(F)cc1. The Morgan fingerprint density at radius 3 is 2.32 bits per heavy atom. The first-order valence-electron chi connectivity index (χ1n) is 7.67. The zero-order valence-electron chi connectivity index (χ0n) is 13.4. The lowest BCUT2D eigenvalue weighted by atomic mass is 10.3. The van der Waals surface area contributed by atoms with E-state index in [0.717, 1.165) is 45.1 Å². The number of rotatable bonds is 10.